The fourth-order valence-corrected chi connectivity index (χ4v) is 2.99. The average Bonchev–Trinajstić information content (AvgIpc) is 2.95. The van der Waals surface area contributed by atoms with E-state index < -0.39 is 5.25 Å². The second kappa shape index (κ2) is 9.83. The standard InChI is InChI=1S/C17H22N4O3S/c1-3-4-9-18-15(22)10-14-16(23)20-17(25-14)21-19-11-12-5-7-13(24-2)8-6-12/h5-8,11,14H,3-4,9-10H2,1-2H3,(H,18,22)(H,20,21,23)/t14-/m1/s1. The van der Waals surface area contributed by atoms with Crippen LogP contribution in [0.25, 0.3) is 0 Å². The SMILES string of the molecule is CCCCNC(=O)C[C@H]1SC(=NN=Cc2ccc(OC)cc2)NC1=O. The molecule has 0 saturated carbocycles. The highest BCUT2D eigenvalue weighted by Crippen LogP contribution is 2.22. The maximum absolute atomic E-state index is 11.9. The summed E-state index contributed by atoms with van der Waals surface area (Å²) in [5, 5.41) is 13.4. The number of unbranched alkanes of at least 4 members (excludes halogenated alkanes) is 1. The van der Waals surface area contributed by atoms with Crippen molar-refractivity contribution in [3.05, 3.63) is 29.8 Å². The summed E-state index contributed by atoms with van der Waals surface area (Å²) >= 11 is 1.22. The molecule has 1 aliphatic rings. The second-order valence-corrected chi connectivity index (χ2v) is 6.62. The van der Waals surface area contributed by atoms with Crippen LogP contribution in [0, 0.1) is 0 Å². The Labute approximate surface area is 151 Å². The van der Waals surface area contributed by atoms with Gasteiger partial charge >= 0.3 is 0 Å². The molecule has 2 N–H and O–H groups in total. The minimum atomic E-state index is -0.462. The highest BCUT2D eigenvalue weighted by molar-refractivity contribution is 8.15. The lowest BCUT2D eigenvalue weighted by Crippen LogP contribution is -2.31. The molecule has 0 spiro atoms. The Kier molecular flexibility index (Phi) is 7.46. The fraction of sp³-hybridized carbons (Fsp3) is 0.412. The summed E-state index contributed by atoms with van der Waals surface area (Å²) in [5.41, 5.74) is 0.867. The van der Waals surface area contributed by atoms with Gasteiger partial charge in [-0.1, -0.05) is 25.1 Å². The molecule has 0 radical (unpaired) electrons. The summed E-state index contributed by atoms with van der Waals surface area (Å²) in [5.74, 6) is 0.431. The van der Waals surface area contributed by atoms with E-state index in [0.29, 0.717) is 11.7 Å². The predicted octanol–water partition coefficient (Wildman–Crippen LogP) is 1.92. The minimum Gasteiger partial charge on any atom is -0.497 e. The van der Waals surface area contributed by atoms with Crippen LogP contribution >= 0.6 is 11.8 Å². The van der Waals surface area contributed by atoms with E-state index in [1.54, 1.807) is 13.3 Å². The van der Waals surface area contributed by atoms with Gasteiger partial charge in [-0.25, -0.2) is 0 Å². The van der Waals surface area contributed by atoms with Gasteiger partial charge < -0.3 is 15.4 Å². The molecule has 8 heteroatoms. The first-order valence-electron chi connectivity index (χ1n) is 8.11. The first-order chi connectivity index (χ1) is 12.1. The first kappa shape index (κ1) is 19.0. The number of amides is 2. The topological polar surface area (TPSA) is 92.2 Å². The quantitative estimate of drug-likeness (QED) is 0.420. The van der Waals surface area contributed by atoms with Gasteiger partial charge in [0.25, 0.3) is 0 Å². The van der Waals surface area contributed by atoms with E-state index in [1.165, 1.54) is 11.8 Å². The van der Waals surface area contributed by atoms with Gasteiger partial charge in [0.15, 0.2) is 5.17 Å². The van der Waals surface area contributed by atoms with E-state index in [9.17, 15) is 9.59 Å². The zero-order valence-electron chi connectivity index (χ0n) is 14.3. The molecule has 0 aliphatic carbocycles. The van der Waals surface area contributed by atoms with Crippen LogP contribution in [0.3, 0.4) is 0 Å². The van der Waals surface area contributed by atoms with Gasteiger partial charge in [-0.3, -0.25) is 9.59 Å². The van der Waals surface area contributed by atoms with E-state index in [0.717, 1.165) is 24.2 Å². The van der Waals surface area contributed by atoms with Crippen LogP contribution in [0.15, 0.2) is 34.5 Å². The van der Waals surface area contributed by atoms with Gasteiger partial charge in [-0.2, -0.15) is 5.10 Å². The van der Waals surface area contributed by atoms with Crippen LogP contribution in [0.1, 0.15) is 31.7 Å². The van der Waals surface area contributed by atoms with Crippen molar-refractivity contribution in [1.29, 1.82) is 0 Å². The van der Waals surface area contributed by atoms with Gasteiger partial charge in [0.05, 0.1) is 13.3 Å². The summed E-state index contributed by atoms with van der Waals surface area (Å²) in [6.07, 6.45) is 3.68. The zero-order chi connectivity index (χ0) is 18.1. The van der Waals surface area contributed by atoms with E-state index in [-0.39, 0.29) is 18.2 Å². The lowest BCUT2D eigenvalue weighted by Gasteiger charge is -2.06. The zero-order valence-corrected chi connectivity index (χ0v) is 15.1. The van der Waals surface area contributed by atoms with Gasteiger partial charge in [-0.15, -0.1) is 5.10 Å². The van der Waals surface area contributed by atoms with Crippen LogP contribution in [0.2, 0.25) is 0 Å². The third-order valence-electron chi connectivity index (χ3n) is 3.47. The van der Waals surface area contributed by atoms with E-state index in [1.807, 2.05) is 24.3 Å². The number of rotatable bonds is 8. The molecule has 25 heavy (non-hydrogen) atoms. The van der Waals surface area contributed by atoms with Crippen molar-refractivity contribution < 1.29 is 14.3 Å². The molecule has 0 bridgehead atoms. The Morgan fingerprint density at radius 2 is 2.16 bits per heavy atom. The van der Waals surface area contributed by atoms with Crippen molar-refractivity contribution in [1.82, 2.24) is 10.6 Å². The fourth-order valence-electron chi connectivity index (χ4n) is 2.07. The van der Waals surface area contributed by atoms with E-state index in [2.05, 4.69) is 27.8 Å². The van der Waals surface area contributed by atoms with E-state index >= 15 is 0 Å². The number of nitrogens with zero attached hydrogens (tertiary/aromatic N) is 2. The summed E-state index contributed by atoms with van der Waals surface area (Å²) in [7, 11) is 1.61. The van der Waals surface area contributed by atoms with Gasteiger partial charge in [0, 0.05) is 13.0 Å². The minimum absolute atomic E-state index is 0.121. The Morgan fingerprint density at radius 1 is 1.40 bits per heavy atom. The molecule has 1 aromatic carbocycles. The van der Waals surface area contributed by atoms with Crippen molar-refractivity contribution in [3.8, 4) is 5.75 Å². The van der Waals surface area contributed by atoms with Crippen LogP contribution in [0.4, 0.5) is 0 Å². The highest BCUT2D eigenvalue weighted by Gasteiger charge is 2.32. The number of carbonyl (C=O) groups is 2. The summed E-state index contributed by atoms with van der Waals surface area (Å²) in [4.78, 5) is 23.7. The maximum Gasteiger partial charge on any atom is 0.240 e. The molecule has 134 valence electrons. The molecular formula is C17H22N4O3S. The molecule has 1 aliphatic heterocycles. The van der Waals surface area contributed by atoms with Crippen LogP contribution in [-0.2, 0) is 9.59 Å². The molecule has 2 amide bonds. The number of carbonyl (C=O) groups excluding carboxylic acids is 2. The van der Waals surface area contributed by atoms with Crippen LogP contribution < -0.4 is 15.4 Å². The lowest BCUT2D eigenvalue weighted by atomic mass is 10.2. The molecular weight excluding hydrogens is 340 g/mol. The number of hydrogen-bond donors (Lipinski definition) is 2. The Morgan fingerprint density at radius 3 is 2.84 bits per heavy atom. The molecule has 7 nitrogen and oxygen atoms in total. The number of benzene rings is 1. The lowest BCUT2D eigenvalue weighted by molar-refractivity contribution is -0.125. The van der Waals surface area contributed by atoms with Gasteiger partial charge in [0.2, 0.25) is 11.8 Å². The maximum atomic E-state index is 11.9. The van der Waals surface area contributed by atoms with Crippen LogP contribution in [0.5, 0.6) is 5.75 Å². The number of methoxy groups -OCH3 is 1. The van der Waals surface area contributed by atoms with Crippen molar-refractivity contribution in [2.45, 2.75) is 31.4 Å². The number of thioether (sulfide) groups is 1. The normalized spacial score (nSPS) is 18.6. The van der Waals surface area contributed by atoms with E-state index in [4.69, 9.17) is 4.74 Å². The molecule has 1 fully saturated rings. The molecule has 1 aromatic rings. The second-order valence-electron chi connectivity index (χ2n) is 5.43. The first-order valence-corrected chi connectivity index (χ1v) is 8.99. The Balaban J connectivity index is 1.84. The smallest absolute Gasteiger partial charge is 0.240 e. The Bertz CT molecular complexity index is 658. The average molecular weight is 362 g/mol. The number of nitrogens with one attached hydrogen (secondary N) is 2. The van der Waals surface area contributed by atoms with Crippen molar-refractivity contribution in [2.75, 3.05) is 13.7 Å². The third-order valence-corrected chi connectivity index (χ3v) is 4.54. The largest absolute Gasteiger partial charge is 0.497 e. The predicted molar refractivity (Wildman–Crippen MR) is 100 cm³/mol. The van der Waals surface area contributed by atoms with Crippen molar-refractivity contribution in [2.24, 2.45) is 10.2 Å². The monoisotopic (exact) mass is 362 g/mol. The molecule has 0 aromatic heterocycles. The number of ether oxygens (including phenoxy) is 1. The van der Waals surface area contributed by atoms with Crippen molar-refractivity contribution in [3.63, 3.8) is 0 Å². The number of hydrogen-bond acceptors (Lipinski definition) is 6. The van der Waals surface area contributed by atoms with Crippen molar-refractivity contribution >= 4 is 35.0 Å². The molecule has 1 atom stereocenters. The highest BCUT2D eigenvalue weighted by atomic mass is 32.2. The molecule has 1 saturated heterocycles. The van der Waals surface area contributed by atoms with Gasteiger partial charge in [0.1, 0.15) is 11.0 Å². The van der Waals surface area contributed by atoms with Crippen LogP contribution in [-0.4, -0.2) is 42.1 Å². The molecule has 1 heterocycles. The third kappa shape index (κ3) is 6.22. The summed E-state index contributed by atoms with van der Waals surface area (Å²) in [6.45, 7) is 2.70. The summed E-state index contributed by atoms with van der Waals surface area (Å²) in [6, 6.07) is 7.36. The number of amidine groups is 1. The molecule has 0 unspecified atom stereocenters. The summed E-state index contributed by atoms with van der Waals surface area (Å²) < 4.78 is 5.09. The van der Waals surface area contributed by atoms with Gasteiger partial charge in [-0.05, 0) is 36.2 Å². The Hall–Kier alpha value is -2.35. The molecule has 2 rings (SSSR count).